The molecule has 0 amide bonds. The molecule has 160 valence electrons. The quantitative estimate of drug-likeness (QED) is 0.289. The van der Waals surface area contributed by atoms with Crippen molar-refractivity contribution in [3.05, 3.63) is 155 Å². The van der Waals surface area contributed by atoms with Crippen LogP contribution in [0.2, 0.25) is 0 Å². The van der Waals surface area contributed by atoms with Crippen LogP contribution in [-0.4, -0.2) is 0 Å². The maximum Gasteiger partial charge on any atom is 0.0137 e. The molecule has 2 aliphatic rings. The molecule has 2 unspecified atom stereocenters. The minimum Gasteiger partial charge on any atom is -0.0760 e. The second kappa shape index (κ2) is 7.71. The number of allylic oxidation sites excluding steroid dienone is 4. The van der Waals surface area contributed by atoms with E-state index in [2.05, 4.69) is 133 Å². The van der Waals surface area contributed by atoms with Gasteiger partial charge in [0.25, 0.3) is 0 Å². The lowest BCUT2D eigenvalue weighted by Gasteiger charge is -2.33. The molecule has 0 heterocycles. The normalized spacial score (nSPS) is 18.8. The summed E-state index contributed by atoms with van der Waals surface area (Å²) in [4.78, 5) is 0. The highest BCUT2D eigenvalue weighted by Crippen LogP contribution is 2.41. The van der Waals surface area contributed by atoms with Crippen LogP contribution in [0.3, 0.4) is 0 Å². The summed E-state index contributed by atoms with van der Waals surface area (Å²) in [5.74, 6) is 0.616. The van der Waals surface area contributed by atoms with E-state index < -0.39 is 0 Å². The summed E-state index contributed by atoms with van der Waals surface area (Å²) < 4.78 is 0. The Labute approximate surface area is 199 Å². The van der Waals surface area contributed by atoms with Crippen LogP contribution >= 0.6 is 0 Å². The highest BCUT2D eigenvalue weighted by Gasteiger charge is 2.31. The molecule has 0 saturated carbocycles. The molecule has 34 heavy (non-hydrogen) atoms. The number of benzene rings is 5. The highest BCUT2D eigenvalue weighted by molar-refractivity contribution is 5.90. The van der Waals surface area contributed by atoms with Gasteiger partial charge in [-0.15, -0.1) is 0 Å². The van der Waals surface area contributed by atoms with Crippen LogP contribution in [0.15, 0.2) is 133 Å². The molecule has 0 saturated heterocycles. The Morgan fingerprint density at radius 1 is 0.382 bits per heavy atom. The van der Waals surface area contributed by atoms with Gasteiger partial charge < -0.3 is 0 Å². The lowest BCUT2D eigenvalue weighted by Crippen LogP contribution is -2.40. The first-order valence-corrected chi connectivity index (χ1v) is 12.0. The van der Waals surface area contributed by atoms with Gasteiger partial charge in [0, 0.05) is 11.8 Å². The van der Waals surface area contributed by atoms with E-state index in [0.29, 0.717) is 11.8 Å². The molecule has 5 aromatic rings. The monoisotopic (exact) mass is 432 g/mol. The van der Waals surface area contributed by atoms with Gasteiger partial charge in [-0.3, -0.25) is 0 Å². The Kier molecular flexibility index (Phi) is 4.38. The van der Waals surface area contributed by atoms with Gasteiger partial charge in [-0.05, 0) is 66.4 Å². The Bertz CT molecular complexity index is 1630. The van der Waals surface area contributed by atoms with Crippen molar-refractivity contribution in [1.29, 1.82) is 0 Å². The Morgan fingerprint density at radius 3 is 1.26 bits per heavy atom. The van der Waals surface area contributed by atoms with Crippen LogP contribution < -0.4 is 10.4 Å². The highest BCUT2D eigenvalue weighted by atomic mass is 14.3. The van der Waals surface area contributed by atoms with Crippen LogP contribution in [0.1, 0.15) is 11.1 Å². The molecule has 7 rings (SSSR count). The van der Waals surface area contributed by atoms with Gasteiger partial charge in [0.2, 0.25) is 0 Å². The first-order valence-electron chi connectivity index (χ1n) is 12.0. The molecule has 0 heteroatoms. The predicted octanol–water partition coefficient (Wildman–Crippen LogP) is 6.76. The Morgan fingerprint density at radius 2 is 0.794 bits per heavy atom. The molecule has 0 bridgehead atoms. The summed E-state index contributed by atoms with van der Waals surface area (Å²) in [5.41, 5.74) is 5.49. The molecule has 0 aliphatic heterocycles. The average molecular weight is 433 g/mol. The summed E-state index contributed by atoms with van der Waals surface area (Å²) >= 11 is 0. The van der Waals surface area contributed by atoms with Crippen molar-refractivity contribution in [3.8, 4) is 0 Å². The Hall–Kier alpha value is -4.16. The molecular weight excluding hydrogens is 408 g/mol. The minimum atomic E-state index is 0.308. The molecule has 0 radical (unpaired) electrons. The summed E-state index contributed by atoms with van der Waals surface area (Å²) in [5, 5.41) is 7.86. The zero-order valence-corrected chi connectivity index (χ0v) is 18.9. The van der Waals surface area contributed by atoms with E-state index in [1.54, 1.807) is 0 Å². The predicted molar refractivity (Wildman–Crippen MR) is 144 cm³/mol. The van der Waals surface area contributed by atoms with Crippen molar-refractivity contribution in [2.24, 2.45) is 11.8 Å². The fraction of sp³-hybridized carbons (Fsp3) is 0.0588. The zero-order chi connectivity index (χ0) is 22.5. The van der Waals surface area contributed by atoms with Gasteiger partial charge in [-0.1, -0.05) is 121 Å². The van der Waals surface area contributed by atoms with E-state index in [0.717, 1.165) is 0 Å². The minimum absolute atomic E-state index is 0.308. The van der Waals surface area contributed by atoms with E-state index in [4.69, 9.17) is 0 Å². The van der Waals surface area contributed by atoms with E-state index in [1.807, 2.05) is 0 Å². The van der Waals surface area contributed by atoms with E-state index >= 15 is 0 Å². The molecule has 0 N–H and O–H groups in total. The van der Waals surface area contributed by atoms with Gasteiger partial charge in [0.1, 0.15) is 0 Å². The summed E-state index contributed by atoms with van der Waals surface area (Å²) in [6.07, 6.45) is 9.22. The first-order chi connectivity index (χ1) is 16.9. The number of rotatable bonds is 2. The zero-order valence-electron chi connectivity index (χ0n) is 18.9. The molecule has 2 aliphatic carbocycles. The fourth-order valence-electron chi connectivity index (χ4n) is 5.88. The molecule has 0 nitrogen and oxygen atoms in total. The van der Waals surface area contributed by atoms with Crippen LogP contribution in [0.4, 0.5) is 0 Å². The van der Waals surface area contributed by atoms with Gasteiger partial charge >= 0.3 is 0 Å². The standard InChI is InChI=1S/C34H24/c1-3-11-25-21-27(19-17-23(25)9-1)33-29-13-5-7-15-31(29)34(32-16-8-6-14-30(32)33)28-20-18-24-10-2-4-12-26(24)22-28/h1-22,29,31H. The third-order valence-corrected chi connectivity index (χ3v) is 7.43. The van der Waals surface area contributed by atoms with Crippen molar-refractivity contribution in [2.45, 2.75) is 0 Å². The van der Waals surface area contributed by atoms with Crippen LogP contribution in [0.25, 0.3) is 32.7 Å². The largest absolute Gasteiger partial charge is 0.0760 e. The SMILES string of the molecule is C1=CC2C(c3ccc4ccccc4c3)=c3ccccc3=C(c3ccc4ccccc4c3)C2C=C1. The lowest BCUT2D eigenvalue weighted by atomic mass is 9.70. The van der Waals surface area contributed by atoms with Crippen molar-refractivity contribution in [2.75, 3.05) is 0 Å². The summed E-state index contributed by atoms with van der Waals surface area (Å²) in [6, 6.07) is 40.1. The second-order valence-electron chi connectivity index (χ2n) is 9.32. The third kappa shape index (κ3) is 2.99. The second-order valence-corrected chi connectivity index (χ2v) is 9.32. The summed E-state index contributed by atoms with van der Waals surface area (Å²) in [7, 11) is 0. The van der Waals surface area contributed by atoms with Gasteiger partial charge in [-0.2, -0.15) is 0 Å². The maximum atomic E-state index is 2.40. The molecule has 0 fully saturated rings. The van der Waals surface area contributed by atoms with Gasteiger partial charge in [0.15, 0.2) is 0 Å². The number of hydrogen-bond donors (Lipinski definition) is 0. The van der Waals surface area contributed by atoms with Crippen LogP contribution in [0, 0.1) is 11.8 Å². The maximum absolute atomic E-state index is 2.40. The van der Waals surface area contributed by atoms with Gasteiger partial charge in [0.05, 0.1) is 0 Å². The first kappa shape index (κ1) is 19.3. The number of fused-ring (bicyclic) bond motifs is 4. The number of hydrogen-bond acceptors (Lipinski definition) is 0. The molecule has 0 aromatic heterocycles. The third-order valence-electron chi connectivity index (χ3n) is 7.43. The summed E-state index contributed by atoms with van der Waals surface area (Å²) in [6.45, 7) is 0. The molecule has 0 spiro atoms. The van der Waals surface area contributed by atoms with Gasteiger partial charge in [-0.25, -0.2) is 0 Å². The topological polar surface area (TPSA) is 0 Å². The average Bonchev–Trinajstić information content (AvgIpc) is 2.91. The van der Waals surface area contributed by atoms with E-state index in [-0.39, 0.29) is 0 Å². The fourth-order valence-corrected chi connectivity index (χ4v) is 5.88. The molecule has 2 atom stereocenters. The van der Waals surface area contributed by atoms with Crippen molar-refractivity contribution in [3.63, 3.8) is 0 Å². The molecule has 5 aromatic carbocycles. The van der Waals surface area contributed by atoms with Crippen LogP contribution in [0.5, 0.6) is 0 Å². The van der Waals surface area contributed by atoms with E-state index in [9.17, 15) is 0 Å². The van der Waals surface area contributed by atoms with Crippen molar-refractivity contribution >= 4 is 32.7 Å². The van der Waals surface area contributed by atoms with Crippen molar-refractivity contribution < 1.29 is 0 Å². The lowest BCUT2D eigenvalue weighted by molar-refractivity contribution is 0.686. The Balaban J connectivity index is 1.58. The van der Waals surface area contributed by atoms with Crippen molar-refractivity contribution in [1.82, 2.24) is 0 Å². The van der Waals surface area contributed by atoms with E-state index in [1.165, 1.54) is 54.3 Å². The molecular formula is C34H24. The smallest absolute Gasteiger partial charge is 0.0137 e. The van der Waals surface area contributed by atoms with Crippen LogP contribution in [-0.2, 0) is 0 Å².